The van der Waals surface area contributed by atoms with Gasteiger partial charge in [-0.15, -0.1) is 0 Å². The van der Waals surface area contributed by atoms with E-state index in [9.17, 15) is 4.79 Å². The quantitative estimate of drug-likeness (QED) is 0.866. The number of carbonyl (C=O) groups is 1. The summed E-state index contributed by atoms with van der Waals surface area (Å²) < 4.78 is 5.34. The van der Waals surface area contributed by atoms with Crippen LogP contribution in [-0.4, -0.2) is 57.9 Å². The smallest absolute Gasteiger partial charge is 0.222 e. The number of fused-ring (bicyclic) bond motifs is 1. The van der Waals surface area contributed by atoms with E-state index in [1.165, 1.54) is 0 Å². The maximum atomic E-state index is 12.5. The molecule has 2 aromatic rings. The molecule has 0 unspecified atom stereocenters. The lowest BCUT2D eigenvalue weighted by molar-refractivity contribution is -0.140. The molecular formula is C20H26N4O2. The number of hydrogen-bond acceptors (Lipinski definition) is 4. The fourth-order valence-electron chi connectivity index (χ4n) is 4.25. The van der Waals surface area contributed by atoms with Crippen molar-refractivity contribution in [3.63, 3.8) is 0 Å². The molecule has 2 saturated heterocycles. The minimum Gasteiger partial charge on any atom is -0.465 e. The summed E-state index contributed by atoms with van der Waals surface area (Å²) in [5, 5.41) is 0. The Labute approximate surface area is 153 Å². The van der Waals surface area contributed by atoms with Gasteiger partial charge in [-0.2, -0.15) is 0 Å². The van der Waals surface area contributed by atoms with Crippen LogP contribution in [0.15, 0.2) is 41.4 Å². The second-order valence-corrected chi connectivity index (χ2v) is 7.25. The summed E-state index contributed by atoms with van der Waals surface area (Å²) in [5.74, 6) is 1.80. The van der Waals surface area contributed by atoms with Crippen molar-refractivity contribution in [2.75, 3.05) is 26.2 Å². The van der Waals surface area contributed by atoms with Gasteiger partial charge in [0.05, 0.1) is 12.6 Å². The maximum absolute atomic E-state index is 12.5. The number of piperidine rings is 2. The van der Waals surface area contributed by atoms with Gasteiger partial charge in [0.25, 0.3) is 0 Å². The molecule has 0 saturated carbocycles. The molecule has 26 heavy (non-hydrogen) atoms. The van der Waals surface area contributed by atoms with Crippen molar-refractivity contribution in [3.05, 3.63) is 48.5 Å². The Morgan fingerprint density at radius 2 is 2.35 bits per heavy atom. The van der Waals surface area contributed by atoms with Crippen LogP contribution in [0.3, 0.4) is 0 Å². The molecule has 2 fully saturated rings. The Morgan fingerprint density at radius 3 is 3.15 bits per heavy atom. The van der Waals surface area contributed by atoms with Gasteiger partial charge in [0, 0.05) is 57.0 Å². The lowest BCUT2D eigenvalue weighted by Crippen LogP contribution is -2.56. The SMILES string of the molecule is O=C1CC[C@H]2CN(CC=Cc3ccco3)CC[C@H]2N1CCc1cnc[nH]1. The third-order valence-electron chi connectivity index (χ3n) is 5.59. The van der Waals surface area contributed by atoms with Crippen molar-refractivity contribution in [2.45, 2.75) is 31.7 Å². The molecule has 4 rings (SSSR count). The predicted octanol–water partition coefficient (Wildman–Crippen LogP) is 2.57. The highest BCUT2D eigenvalue weighted by molar-refractivity contribution is 5.77. The number of aromatic nitrogens is 2. The van der Waals surface area contributed by atoms with E-state index in [-0.39, 0.29) is 0 Å². The second-order valence-electron chi connectivity index (χ2n) is 7.25. The minimum absolute atomic E-state index is 0.317. The molecule has 0 spiro atoms. The summed E-state index contributed by atoms with van der Waals surface area (Å²) in [6, 6.07) is 4.26. The van der Waals surface area contributed by atoms with E-state index >= 15 is 0 Å². The van der Waals surface area contributed by atoms with Crippen LogP contribution in [0.2, 0.25) is 0 Å². The van der Waals surface area contributed by atoms with Crippen molar-refractivity contribution in [1.29, 1.82) is 0 Å². The van der Waals surface area contributed by atoms with E-state index in [0.717, 1.165) is 56.9 Å². The van der Waals surface area contributed by atoms with E-state index in [0.29, 0.717) is 24.3 Å². The highest BCUT2D eigenvalue weighted by atomic mass is 16.3. The van der Waals surface area contributed by atoms with Crippen molar-refractivity contribution < 1.29 is 9.21 Å². The second kappa shape index (κ2) is 7.91. The lowest BCUT2D eigenvalue weighted by Gasteiger charge is -2.47. The first-order valence-electron chi connectivity index (χ1n) is 9.49. The topological polar surface area (TPSA) is 65.4 Å². The number of furan rings is 1. The maximum Gasteiger partial charge on any atom is 0.222 e. The molecule has 4 heterocycles. The zero-order valence-corrected chi connectivity index (χ0v) is 15.0. The van der Waals surface area contributed by atoms with E-state index in [2.05, 4.69) is 25.8 Å². The Bertz CT molecular complexity index is 723. The van der Waals surface area contributed by atoms with E-state index in [1.54, 1.807) is 12.6 Å². The molecule has 0 aromatic carbocycles. The van der Waals surface area contributed by atoms with Crippen molar-refractivity contribution in [3.8, 4) is 0 Å². The van der Waals surface area contributed by atoms with Gasteiger partial charge >= 0.3 is 0 Å². The van der Waals surface area contributed by atoms with E-state index < -0.39 is 0 Å². The van der Waals surface area contributed by atoms with Crippen molar-refractivity contribution in [1.82, 2.24) is 19.8 Å². The largest absolute Gasteiger partial charge is 0.465 e. The molecule has 2 aliphatic rings. The third kappa shape index (κ3) is 3.90. The molecule has 0 aliphatic carbocycles. The number of nitrogens with zero attached hydrogens (tertiary/aromatic N) is 3. The number of nitrogens with one attached hydrogen (secondary N) is 1. The highest BCUT2D eigenvalue weighted by Crippen LogP contribution is 2.31. The fraction of sp³-hybridized carbons (Fsp3) is 0.500. The number of imidazole rings is 1. The average Bonchev–Trinajstić information content (AvgIpc) is 3.35. The molecule has 2 aromatic heterocycles. The van der Waals surface area contributed by atoms with Gasteiger partial charge in [0.15, 0.2) is 0 Å². The van der Waals surface area contributed by atoms with Crippen LogP contribution in [0.5, 0.6) is 0 Å². The summed E-state index contributed by atoms with van der Waals surface area (Å²) in [4.78, 5) is 24.3. The summed E-state index contributed by atoms with van der Waals surface area (Å²) in [5.41, 5.74) is 1.10. The molecule has 2 atom stereocenters. The zero-order valence-electron chi connectivity index (χ0n) is 15.0. The zero-order chi connectivity index (χ0) is 17.8. The van der Waals surface area contributed by atoms with Crippen LogP contribution in [0.25, 0.3) is 6.08 Å². The predicted molar refractivity (Wildman–Crippen MR) is 99.3 cm³/mol. The van der Waals surface area contributed by atoms with Gasteiger partial charge in [-0.05, 0) is 37.0 Å². The molecule has 1 N–H and O–H groups in total. The van der Waals surface area contributed by atoms with Crippen LogP contribution >= 0.6 is 0 Å². The molecule has 6 nitrogen and oxygen atoms in total. The fourth-order valence-corrected chi connectivity index (χ4v) is 4.25. The molecule has 2 aliphatic heterocycles. The minimum atomic E-state index is 0.317. The average molecular weight is 354 g/mol. The first kappa shape index (κ1) is 17.1. The lowest BCUT2D eigenvalue weighted by atomic mass is 9.83. The first-order chi connectivity index (χ1) is 12.8. The number of H-pyrrole nitrogens is 1. The number of hydrogen-bond donors (Lipinski definition) is 1. The standard InChI is InChI=1S/C20H26N4O2/c25-20-6-5-16-14-23(9-1-3-18-4-2-12-26-18)10-8-19(16)24(20)11-7-17-13-21-15-22-17/h1-4,12-13,15-16,19H,5-11,14H2,(H,21,22)/t16-,19+/m0/s1. The van der Waals surface area contributed by atoms with Gasteiger partial charge in [0.1, 0.15) is 5.76 Å². The Morgan fingerprint density at radius 1 is 1.38 bits per heavy atom. The van der Waals surface area contributed by atoms with Crippen LogP contribution < -0.4 is 0 Å². The van der Waals surface area contributed by atoms with Crippen molar-refractivity contribution in [2.24, 2.45) is 5.92 Å². The number of aromatic amines is 1. The summed E-state index contributed by atoms with van der Waals surface area (Å²) in [7, 11) is 0. The van der Waals surface area contributed by atoms with Crippen LogP contribution in [0.4, 0.5) is 0 Å². The summed E-state index contributed by atoms with van der Waals surface area (Å²) in [6.45, 7) is 3.84. The Hall–Kier alpha value is -2.34. The van der Waals surface area contributed by atoms with Gasteiger partial charge in [-0.25, -0.2) is 4.98 Å². The molecular weight excluding hydrogens is 328 g/mol. The number of amides is 1. The number of likely N-dealkylation sites (tertiary alicyclic amines) is 2. The normalized spacial score (nSPS) is 24.3. The Balaban J connectivity index is 1.32. The first-order valence-corrected chi connectivity index (χ1v) is 9.49. The Kier molecular flexibility index (Phi) is 5.20. The molecule has 138 valence electrons. The summed E-state index contributed by atoms with van der Waals surface area (Å²) in [6.07, 6.45) is 13.1. The van der Waals surface area contributed by atoms with Crippen LogP contribution in [-0.2, 0) is 11.2 Å². The highest BCUT2D eigenvalue weighted by Gasteiger charge is 2.38. The van der Waals surface area contributed by atoms with Gasteiger partial charge in [-0.1, -0.05) is 6.08 Å². The van der Waals surface area contributed by atoms with E-state index in [4.69, 9.17) is 4.42 Å². The molecule has 0 radical (unpaired) electrons. The number of carbonyl (C=O) groups excluding carboxylic acids is 1. The molecule has 0 bridgehead atoms. The van der Waals surface area contributed by atoms with Crippen LogP contribution in [0, 0.1) is 5.92 Å². The van der Waals surface area contributed by atoms with E-state index in [1.807, 2.05) is 24.4 Å². The molecule has 6 heteroatoms. The number of rotatable bonds is 6. The van der Waals surface area contributed by atoms with Crippen LogP contribution in [0.1, 0.15) is 30.7 Å². The van der Waals surface area contributed by atoms with Gasteiger partial charge in [0.2, 0.25) is 5.91 Å². The van der Waals surface area contributed by atoms with Gasteiger partial charge in [-0.3, -0.25) is 9.69 Å². The monoisotopic (exact) mass is 354 g/mol. The van der Waals surface area contributed by atoms with Crippen molar-refractivity contribution >= 4 is 12.0 Å². The third-order valence-corrected chi connectivity index (χ3v) is 5.59. The van der Waals surface area contributed by atoms with Gasteiger partial charge < -0.3 is 14.3 Å². The summed E-state index contributed by atoms with van der Waals surface area (Å²) >= 11 is 0. The molecule has 1 amide bonds.